The third-order valence-electron chi connectivity index (χ3n) is 4.67. The minimum Gasteiger partial charge on any atom is -0.373 e. The fourth-order valence-electron chi connectivity index (χ4n) is 3.40. The molecule has 0 saturated carbocycles. The number of benzene rings is 1. The van der Waals surface area contributed by atoms with Gasteiger partial charge in [0.1, 0.15) is 24.1 Å². The molecule has 4 rings (SSSR count). The van der Waals surface area contributed by atoms with Gasteiger partial charge in [0.05, 0.1) is 13.2 Å². The number of rotatable bonds is 1. The van der Waals surface area contributed by atoms with Crippen LogP contribution in [-0.2, 0) is 14.9 Å². The predicted octanol–water partition coefficient (Wildman–Crippen LogP) is 3.33. The maximum Gasteiger partial charge on any atom is 0.131 e. The van der Waals surface area contributed by atoms with E-state index in [9.17, 15) is 0 Å². The summed E-state index contributed by atoms with van der Waals surface area (Å²) >= 11 is 0. The highest BCUT2D eigenvalue weighted by Crippen LogP contribution is 2.44. The third kappa shape index (κ3) is 2.54. The van der Waals surface area contributed by atoms with Crippen molar-refractivity contribution in [1.82, 2.24) is 9.97 Å². The fourth-order valence-corrected chi connectivity index (χ4v) is 3.40. The molecular formula is C18H23N3O2. The summed E-state index contributed by atoms with van der Waals surface area (Å²) < 4.78 is 12.2. The summed E-state index contributed by atoms with van der Waals surface area (Å²) in [4.78, 5) is 7.60. The van der Waals surface area contributed by atoms with Crippen molar-refractivity contribution in [3.8, 4) is 0 Å². The summed E-state index contributed by atoms with van der Waals surface area (Å²) in [5.41, 5.74) is 3.70. The Morgan fingerprint density at radius 2 is 2.00 bits per heavy atom. The molecule has 2 aromatic rings. The van der Waals surface area contributed by atoms with Crippen LogP contribution in [-0.4, -0.2) is 29.3 Å². The number of hydrogen-bond donors (Lipinski definition) is 2. The van der Waals surface area contributed by atoms with E-state index in [1.54, 1.807) is 6.20 Å². The van der Waals surface area contributed by atoms with Crippen molar-refractivity contribution in [2.75, 3.05) is 18.5 Å². The molecule has 5 nitrogen and oxygen atoms in total. The lowest BCUT2D eigenvalue weighted by Gasteiger charge is -2.42. The Balaban J connectivity index is 1.78. The zero-order valence-electron chi connectivity index (χ0n) is 13.8. The van der Waals surface area contributed by atoms with Crippen LogP contribution >= 0.6 is 0 Å². The van der Waals surface area contributed by atoms with E-state index in [1.807, 2.05) is 6.20 Å². The van der Waals surface area contributed by atoms with Crippen molar-refractivity contribution in [2.45, 2.75) is 44.4 Å². The first-order valence-electron chi connectivity index (χ1n) is 8.17. The third-order valence-corrected chi connectivity index (χ3v) is 4.67. The predicted molar refractivity (Wildman–Crippen MR) is 88.5 cm³/mol. The first-order chi connectivity index (χ1) is 11.0. The Bertz CT molecular complexity index is 691. The van der Waals surface area contributed by atoms with E-state index >= 15 is 0 Å². The topological polar surface area (TPSA) is 59.2 Å². The summed E-state index contributed by atoms with van der Waals surface area (Å²) in [5, 5.41) is 3.58. The molecule has 3 unspecified atom stereocenters. The van der Waals surface area contributed by atoms with Crippen LogP contribution in [0.15, 0.2) is 30.6 Å². The molecule has 1 aromatic carbocycles. The molecule has 2 aliphatic rings. The molecule has 5 heteroatoms. The van der Waals surface area contributed by atoms with Gasteiger partial charge in [-0.15, -0.1) is 0 Å². The average molecular weight is 313 g/mol. The van der Waals surface area contributed by atoms with Crippen LogP contribution in [0.1, 0.15) is 49.9 Å². The summed E-state index contributed by atoms with van der Waals surface area (Å²) in [5.74, 6) is 0.885. The van der Waals surface area contributed by atoms with Crippen LogP contribution in [0.4, 0.5) is 5.69 Å². The van der Waals surface area contributed by atoms with E-state index < -0.39 is 0 Å². The van der Waals surface area contributed by atoms with Crippen LogP contribution in [0.2, 0.25) is 0 Å². The largest absolute Gasteiger partial charge is 0.373 e. The summed E-state index contributed by atoms with van der Waals surface area (Å²) in [6, 6.07) is 6.57. The maximum absolute atomic E-state index is 6.10. The average Bonchev–Trinajstić information content (AvgIpc) is 3.07. The minimum atomic E-state index is -0.0716. The molecule has 0 amide bonds. The van der Waals surface area contributed by atoms with E-state index in [0.29, 0.717) is 13.2 Å². The SMILES string of the molecule is CC(C)(C)c1ccc2c(c1)C1OCCOC1C(c1ncc[nH]1)N2. The van der Waals surface area contributed by atoms with E-state index in [4.69, 9.17) is 9.47 Å². The molecule has 23 heavy (non-hydrogen) atoms. The Morgan fingerprint density at radius 1 is 1.17 bits per heavy atom. The number of H-pyrrole nitrogens is 1. The Labute approximate surface area is 136 Å². The van der Waals surface area contributed by atoms with E-state index in [0.717, 1.165) is 11.5 Å². The zero-order chi connectivity index (χ0) is 16.0. The second-order valence-corrected chi connectivity index (χ2v) is 7.28. The van der Waals surface area contributed by atoms with Gasteiger partial charge in [0.25, 0.3) is 0 Å². The maximum atomic E-state index is 6.10. The fraction of sp³-hybridized carbons (Fsp3) is 0.500. The molecule has 2 N–H and O–H groups in total. The Hall–Kier alpha value is -1.85. The molecule has 1 fully saturated rings. The van der Waals surface area contributed by atoms with Gasteiger partial charge in [-0.2, -0.15) is 0 Å². The normalized spacial score (nSPS) is 27.0. The molecule has 0 aliphatic carbocycles. The number of imidazole rings is 1. The molecular weight excluding hydrogens is 290 g/mol. The van der Waals surface area contributed by atoms with Gasteiger partial charge in [0.2, 0.25) is 0 Å². The van der Waals surface area contributed by atoms with Crippen LogP contribution in [0, 0.1) is 0 Å². The molecule has 0 spiro atoms. The number of ether oxygens (including phenoxy) is 2. The van der Waals surface area contributed by atoms with Gasteiger partial charge >= 0.3 is 0 Å². The van der Waals surface area contributed by atoms with E-state index in [1.165, 1.54) is 11.1 Å². The van der Waals surface area contributed by atoms with Crippen molar-refractivity contribution < 1.29 is 9.47 Å². The van der Waals surface area contributed by atoms with Crippen molar-refractivity contribution in [1.29, 1.82) is 0 Å². The Kier molecular flexibility index (Phi) is 3.43. The molecule has 1 aromatic heterocycles. The van der Waals surface area contributed by atoms with Crippen molar-refractivity contribution in [3.05, 3.63) is 47.5 Å². The monoisotopic (exact) mass is 313 g/mol. The number of aromatic nitrogens is 2. The smallest absolute Gasteiger partial charge is 0.131 e. The lowest BCUT2D eigenvalue weighted by molar-refractivity contribution is -0.151. The second kappa shape index (κ2) is 5.35. The first kappa shape index (κ1) is 14.7. The lowest BCUT2D eigenvalue weighted by Crippen LogP contribution is -2.43. The van der Waals surface area contributed by atoms with Crippen molar-refractivity contribution in [3.63, 3.8) is 0 Å². The van der Waals surface area contributed by atoms with E-state index in [2.05, 4.69) is 54.3 Å². The number of anilines is 1. The quantitative estimate of drug-likeness (QED) is 0.848. The van der Waals surface area contributed by atoms with Gasteiger partial charge in [-0.3, -0.25) is 0 Å². The van der Waals surface area contributed by atoms with Crippen LogP contribution in [0.25, 0.3) is 0 Å². The van der Waals surface area contributed by atoms with Crippen LogP contribution in [0.5, 0.6) is 0 Å². The highest BCUT2D eigenvalue weighted by molar-refractivity contribution is 5.58. The number of nitrogens with one attached hydrogen (secondary N) is 2. The molecule has 2 aliphatic heterocycles. The van der Waals surface area contributed by atoms with Gasteiger partial charge < -0.3 is 19.8 Å². The van der Waals surface area contributed by atoms with Crippen molar-refractivity contribution >= 4 is 5.69 Å². The van der Waals surface area contributed by atoms with Crippen LogP contribution in [0.3, 0.4) is 0 Å². The molecule has 122 valence electrons. The highest BCUT2D eigenvalue weighted by atomic mass is 16.6. The first-order valence-corrected chi connectivity index (χ1v) is 8.17. The second-order valence-electron chi connectivity index (χ2n) is 7.28. The number of aromatic amines is 1. The molecule has 0 radical (unpaired) electrons. The van der Waals surface area contributed by atoms with Crippen LogP contribution < -0.4 is 5.32 Å². The molecule has 1 saturated heterocycles. The minimum absolute atomic E-state index is 0.0247. The summed E-state index contributed by atoms with van der Waals surface area (Å²) in [7, 11) is 0. The molecule has 3 atom stereocenters. The van der Waals surface area contributed by atoms with E-state index in [-0.39, 0.29) is 23.7 Å². The van der Waals surface area contributed by atoms with Gasteiger partial charge in [0.15, 0.2) is 0 Å². The summed E-state index contributed by atoms with van der Waals surface area (Å²) in [6.45, 7) is 7.94. The van der Waals surface area contributed by atoms with Crippen molar-refractivity contribution in [2.24, 2.45) is 0 Å². The Morgan fingerprint density at radius 3 is 2.74 bits per heavy atom. The highest BCUT2D eigenvalue weighted by Gasteiger charge is 2.42. The number of hydrogen-bond acceptors (Lipinski definition) is 4. The standard InChI is InChI=1S/C18H23N3O2/c1-18(2,3)11-4-5-13-12(10-11)15-16(23-9-8-22-15)14(21-13)17-19-6-7-20-17/h4-7,10,14-16,21H,8-9H2,1-3H3,(H,19,20). The number of nitrogens with zero attached hydrogens (tertiary/aromatic N) is 1. The summed E-state index contributed by atoms with van der Waals surface area (Å²) in [6.07, 6.45) is 3.48. The zero-order valence-corrected chi connectivity index (χ0v) is 13.8. The number of fused-ring (bicyclic) bond motifs is 3. The van der Waals surface area contributed by atoms with Gasteiger partial charge in [0, 0.05) is 23.6 Å². The van der Waals surface area contributed by atoms with Gasteiger partial charge in [-0.1, -0.05) is 32.9 Å². The lowest BCUT2D eigenvalue weighted by atomic mass is 9.82. The molecule has 0 bridgehead atoms. The van der Waals surface area contributed by atoms with Gasteiger partial charge in [-0.05, 0) is 17.0 Å². The molecule has 3 heterocycles. The van der Waals surface area contributed by atoms with Gasteiger partial charge in [-0.25, -0.2) is 4.98 Å².